The molecular formula is C27H36Cl2N6O3S. The molecule has 1 aliphatic carbocycles. The summed E-state index contributed by atoms with van der Waals surface area (Å²) in [7, 11) is -3.10. The molecule has 5 atom stereocenters. The average molecular weight is 596 g/mol. The van der Waals surface area contributed by atoms with E-state index in [0.29, 0.717) is 35.1 Å². The molecule has 212 valence electrons. The Hall–Kier alpha value is -1.53. The largest absolute Gasteiger partial charge is 0.370 e. The van der Waals surface area contributed by atoms with Gasteiger partial charge < -0.3 is 9.64 Å². The fraction of sp³-hybridized carbons (Fsp3) is 0.630. The summed E-state index contributed by atoms with van der Waals surface area (Å²) in [6.07, 6.45) is 7.71. The molecule has 2 aromatic heterocycles. The zero-order valence-electron chi connectivity index (χ0n) is 22.7. The van der Waals surface area contributed by atoms with Crippen molar-refractivity contribution < 1.29 is 13.2 Å². The summed E-state index contributed by atoms with van der Waals surface area (Å²) in [5.74, 6) is 1.36. The molecule has 1 saturated carbocycles. The SMILES string of the molecule is Cc1cc(C2NNC3CCC(O[C@H](C)c4c(Cl)cnc(C)c4Cl)CC32)cnc1N1CC2(C1)CN(S(C)(=O)=O)C2. The van der Waals surface area contributed by atoms with Gasteiger partial charge in [0.05, 0.1) is 40.2 Å². The van der Waals surface area contributed by atoms with E-state index >= 15 is 0 Å². The number of rotatable bonds is 6. The highest BCUT2D eigenvalue weighted by atomic mass is 35.5. The van der Waals surface area contributed by atoms with Gasteiger partial charge in [0.25, 0.3) is 0 Å². The second kappa shape index (κ2) is 10.1. The zero-order chi connectivity index (χ0) is 27.7. The van der Waals surface area contributed by atoms with Crippen LogP contribution in [0.5, 0.6) is 0 Å². The Morgan fingerprint density at radius 1 is 1.10 bits per heavy atom. The van der Waals surface area contributed by atoms with E-state index in [-0.39, 0.29) is 23.7 Å². The lowest BCUT2D eigenvalue weighted by Gasteiger charge is -2.59. The predicted molar refractivity (Wildman–Crippen MR) is 152 cm³/mol. The van der Waals surface area contributed by atoms with Gasteiger partial charge in [0.1, 0.15) is 5.82 Å². The third-order valence-corrected chi connectivity index (χ3v) is 10.9. The maximum atomic E-state index is 11.8. The van der Waals surface area contributed by atoms with Crippen LogP contribution in [0.1, 0.15) is 60.7 Å². The Morgan fingerprint density at radius 3 is 2.54 bits per heavy atom. The summed E-state index contributed by atoms with van der Waals surface area (Å²) in [5.41, 5.74) is 11.0. The molecule has 1 spiro atoms. The summed E-state index contributed by atoms with van der Waals surface area (Å²) in [5, 5.41) is 1.11. The van der Waals surface area contributed by atoms with Crippen LogP contribution in [0.4, 0.5) is 5.82 Å². The molecule has 0 bridgehead atoms. The van der Waals surface area contributed by atoms with E-state index in [1.54, 1.807) is 10.5 Å². The van der Waals surface area contributed by atoms with Gasteiger partial charge in [-0.3, -0.25) is 10.4 Å². The molecular weight excluding hydrogens is 559 g/mol. The molecule has 4 aliphatic rings. The Balaban J connectivity index is 1.10. The molecule has 0 aromatic carbocycles. The quantitative estimate of drug-likeness (QED) is 0.518. The van der Waals surface area contributed by atoms with Gasteiger partial charge in [0.2, 0.25) is 10.0 Å². The van der Waals surface area contributed by atoms with Crippen molar-refractivity contribution in [3.8, 4) is 0 Å². The van der Waals surface area contributed by atoms with Crippen molar-refractivity contribution in [1.82, 2.24) is 25.1 Å². The van der Waals surface area contributed by atoms with E-state index in [2.05, 4.69) is 33.7 Å². The van der Waals surface area contributed by atoms with Crippen molar-refractivity contribution in [2.45, 2.75) is 64.3 Å². The maximum absolute atomic E-state index is 11.8. The number of pyridine rings is 2. The molecule has 2 N–H and O–H groups in total. The molecule has 3 aliphatic heterocycles. The zero-order valence-corrected chi connectivity index (χ0v) is 25.1. The second-order valence-corrected chi connectivity index (χ2v) is 14.7. The summed E-state index contributed by atoms with van der Waals surface area (Å²) in [6, 6.07) is 2.77. The van der Waals surface area contributed by atoms with Crippen LogP contribution in [-0.2, 0) is 14.8 Å². The Labute approximate surface area is 240 Å². The molecule has 2 aromatic rings. The number of hydrogen-bond donors (Lipinski definition) is 2. The van der Waals surface area contributed by atoms with Crippen molar-refractivity contribution in [2.75, 3.05) is 37.3 Å². The fourth-order valence-electron chi connectivity index (χ4n) is 6.92. The van der Waals surface area contributed by atoms with E-state index in [0.717, 1.165) is 55.0 Å². The van der Waals surface area contributed by atoms with Crippen molar-refractivity contribution in [2.24, 2.45) is 11.3 Å². The summed E-state index contributed by atoms with van der Waals surface area (Å²) >= 11 is 13.0. The predicted octanol–water partition coefficient (Wildman–Crippen LogP) is 3.95. The Morgan fingerprint density at radius 2 is 1.85 bits per heavy atom. The number of hydrazine groups is 1. The molecule has 6 rings (SSSR count). The van der Waals surface area contributed by atoms with Gasteiger partial charge in [-0.25, -0.2) is 23.1 Å². The van der Waals surface area contributed by atoms with Gasteiger partial charge in [-0.2, -0.15) is 0 Å². The van der Waals surface area contributed by atoms with Crippen LogP contribution in [0.3, 0.4) is 0 Å². The molecule has 39 heavy (non-hydrogen) atoms. The number of anilines is 1. The van der Waals surface area contributed by atoms with Gasteiger partial charge in [0.15, 0.2) is 0 Å². The standard InChI is InChI=1S/C27H36Cl2N6O3S/c1-15-7-18(9-31-26(15)34-11-27(12-34)13-35(14-27)39(4,36)37)25-20-8-19(5-6-22(20)32-33-25)38-17(3)23-21(28)10-30-16(2)24(23)29/h7,9-10,17,19-20,22,25,32-33H,5-6,8,11-14H2,1-4H3/t17-,19?,20?,22?,25?/m1/s1. The van der Waals surface area contributed by atoms with E-state index < -0.39 is 10.0 Å². The number of aryl methyl sites for hydroxylation is 2. The molecule has 5 heterocycles. The minimum Gasteiger partial charge on any atom is -0.370 e. The lowest BCUT2D eigenvalue weighted by molar-refractivity contribution is -0.0370. The van der Waals surface area contributed by atoms with E-state index in [1.807, 2.05) is 20.0 Å². The topological polar surface area (TPSA) is 99.7 Å². The number of nitrogens with zero attached hydrogens (tertiary/aromatic N) is 4. The van der Waals surface area contributed by atoms with Crippen molar-refractivity contribution >= 4 is 39.0 Å². The first kappa shape index (κ1) is 27.6. The summed E-state index contributed by atoms with van der Waals surface area (Å²) < 4.78 is 31.6. The van der Waals surface area contributed by atoms with Crippen LogP contribution in [0, 0.1) is 25.2 Å². The molecule has 4 unspecified atom stereocenters. The van der Waals surface area contributed by atoms with Crippen LogP contribution >= 0.6 is 23.2 Å². The van der Waals surface area contributed by atoms with Gasteiger partial charge in [-0.1, -0.05) is 23.2 Å². The smallest absolute Gasteiger partial charge is 0.211 e. The molecule has 12 heteroatoms. The molecule has 4 fully saturated rings. The van der Waals surface area contributed by atoms with E-state index in [1.165, 1.54) is 11.8 Å². The third-order valence-electron chi connectivity index (χ3n) is 8.97. The van der Waals surface area contributed by atoms with Crippen molar-refractivity contribution in [3.05, 3.63) is 50.9 Å². The molecule has 0 amide bonds. The first-order valence-electron chi connectivity index (χ1n) is 13.6. The van der Waals surface area contributed by atoms with Crippen molar-refractivity contribution in [1.29, 1.82) is 0 Å². The second-order valence-electron chi connectivity index (χ2n) is 12.0. The average Bonchev–Trinajstić information content (AvgIpc) is 3.23. The van der Waals surface area contributed by atoms with Crippen LogP contribution < -0.4 is 15.8 Å². The van der Waals surface area contributed by atoms with Crippen LogP contribution in [0.2, 0.25) is 10.0 Å². The first-order valence-corrected chi connectivity index (χ1v) is 16.2. The van der Waals surface area contributed by atoms with Crippen LogP contribution in [0.25, 0.3) is 0 Å². The van der Waals surface area contributed by atoms with Gasteiger partial charge in [-0.05, 0) is 63.1 Å². The normalized spacial score (nSPS) is 29.1. The number of halogens is 2. The first-order chi connectivity index (χ1) is 18.4. The van der Waals surface area contributed by atoms with Crippen LogP contribution in [0.15, 0.2) is 18.5 Å². The number of fused-ring (bicyclic) bond motifs is 1. The lowest BCUT2D eigenvalue weighted by Crippen LogP contribution is -2.73. The number of sulfonamides is 1. The highest BCUT2D eigenvalue weighted by Crippen LogP contribution is 2.45. The highest BCUT2D eigenvalue weighted by Gasteiger charge is 2.54. The monoisotopic (exact) mass is 594 g/mol. The Kier molecular flexibility index (Phi) is 7.14. The summed E-state index contributed by atoms with van der Waals surface area (Å²) in [6.45, 7) is 8.92. The summed E-state index contributed by atoms with van der Waals surface area (Å²) in [4.78, 5) is 11.4. The number of aromatic nitrogens is 2. The third kappa shape index (κ3) is 5.07. The minimum absolute atomic E-state index is 0.0810. The molecule has 0 radical (unpaired) electrons. The van der Waals surface area contributed by atoms with Gasteiger partial charge >= 0.3 is 0 Å². The maximum Gasteiger partial charge on any atom is 0.211 e. The van der Waals surface area contributed by atoms with Crippen molar-refractivity contribution in [3.63, 3.8) is 0 Å². The van der Waals surface area contributed by atoms with E-state index in [9.17, 15) is 8.42 Å². The fourth-order valence-corrected chi connectivity index (χ4v) is 8.59. The van der Waals surface area contributed by atoms with E-state index in [4.69, 9.17) is 32.9 Å². The number of hydrogen-bond acceptors (Lipinski definition) is 8. The molecule has 9 nitrogen and oxygen atoms in total. The number of nitrogens with one attached hydrogen (secondary N) is 2. The van der Waals surface area contributed by atoms with Gasteiger partial charge in [-0.15, -0.1) is 0 Å². The highest BCUT2D eigenvalue weighted by molar-refractivity contribution is 7.88. The van der Waals surface area contributed by atoms with Gasteiger partial charge in [0, 0.05) is 55.6 Å². The number of ether oxygens (including phenoxy) is 1. The minimum atomic E-state index is -3.10. The lowest BCUT2D eigenvalue weighted by atomic mass is 9.74. The van der Waals surface area contributed by atoms with Crippen LogP contribution in [-0.4, -0.2) is 67.3 Å². The molecule has 3 saturated heterocycles. The Bertz CT molecular complexity index is 1380.